The van der Waals surface area contributed by atoms with Crippen LogP contribution in [0.5, 0.6) is 5.88 Å². The largest absolute Gasteiger partial charge is 0.511 e. The maximum Gasteiger partial charge on any atom is 0.511 e. The predicted molar refractivity (Wildman–Crippen MR) is 64.4 cm³/mol. The molecule has 1 aliphatic heterocycles. The molecule has 88 valence electrons. The minimum atomic E-state index is -0.382. The Morgan fingerprint density at radius 2 is 1.81 bits per heavy atom. The quantitative estimate of drug-likeness (QED) is 0.735. The van der Waals surface area contributed by atoms with Crippen LogP contribution in [0.25, 0.3) is 0 Å². The van der Waals surface area contributed by atoms with E-state index in [-0.39, 0.29) is 18.3 Å². The van der Waals surface area contributed by atoms with Crippen LogP contribution < -0.4 is 9.51 Å². The van der Waals surface area contributed by atoms with Crippen LogP contribution in [0.2, 0.25) is 0 Å². The van der Waals surface area contributed by atoms with Gasteiger partial charge in [0.25, 0.3) is 0 Å². The highest BCUT2D eigenvalue weighted by Gasteiger charge is 2.53. The first-order chi connectivity index (χ1) is 7.37. The molecule has 0 saturated carbocycles. The highest BCUT2D eigenvalue weighted by molar-refractivity contribution is 7.21. The molecule has 1 aliphatic rings. The van der Waals surface area contributed by atoms with Gasteiger partial charge in [-0.25, -0.2) is 4.98 Å². The van der Waals surface area contributed by atoms with Gasteiger partial charge in [-0.2, -0.15) is 0 Å². The lowest BCUT2D eigenvalue weighted by atomic mass is 9.88. The van der Waals surface area contributed by atoms with E-state index < -0.39 is 0 Å². The first-order valence-electron chi connectivity index (χ1n) is 5.20. The Bertz CT molecular complexity index is 375. The number of methoxy groups -OCH3 is 1. The fraction of sp³-hybridized carbons (Fsp3) is 0.700. The molecule has 1 aromatic heterocycles. The summed E-state index contributed by atoms with van der Waals surface area (Å²) in [6.07, 6.45) is 0. The van der Waals surface area contributed by atoms with Gasteiger partial charge in [-0.15, -0.1) is 11.3 Å². The van der Waals surface area contributed by atoms with E-state index in [0.717, 1.165) is 4.78 Å². The summed E-state index contributed by atoms with van der Waals surface area (Å²) < 4.78 is 17.9. The highest BCUT2D eigenvalue weighted by atomic mass is 32.1. The summed E-state index contributed by atoms with van der Waals surface area (Å²) in [6.45, 7) is 8.11. The van der Waals surface area contributed by atoms with Gasteiger partial charge in [0.1, 0.15) is 0 Å². The summed E-state index contributed by atoms with van der Waals surface area (Å²) >= 11 is 1.49. The second-order valence-corrected chi connectivity index (χ2v) is 5.70. The van der Waals surface area contributed by atoms with Gasteiger partial charge in [0, 0.05) is 0 Å². The van der Waals surface area contributed by atoms with Crippen molar-refractivity contribution in [3.8, 4) is 5.88 Å². The van der Waals surface area contributed by atoms with E-state index in [4.69, 9.17) is 14.0 Å². The normalized spacial score (nSPS) is 22.4. The smallest absolute Gasteiger partial charge is 0.481 e. The van der Waals surface area contributed by atoms with Gasteiger partial charge < -0.3 is 14.0 Å². The topological polar surface area (TPSA) is 40.6 Å². The molecule has 0 bridgehead atoms. The molecule has 4 nitrogen and oxygen atoms in total. The van der Waals surface area contributed by atoms with Gasteiger partial charge in [0.15, 0.2) is 0 Å². The van der Waals surface area contributed by atoms with E-state index in [1.807, 2.05) is 27.7 Å². The average Bonchev–Trinajstić information content (AvgIpc) is 2.69. The van der Waals surface area contributed by atoms with Crippen molar-refractivity contribution in [3.63, 3.8) is 0 Å². The van der Waals surface area contributed by atoms with Crippen molar-refractivity contribution < 1.29 is 14.0 Å². The van der Waals surface area contributed by atoms with Crippen molar-refractivity contribution in [2.75, 3.05) is 7.11 Å². The lowest BCUT2D eigenvalue weighted by molar-refractivity contribution is 0.00578. The maximum absolute atomic E-state index is 5.92. The van der Waals surface area contributed by atoms with Crippen LogP contribution in [0.4, 0.5) is 0 Å². The molecule has 1 fully saturated rings. The molecule has 2 heterocycles. The standard InChI is InChI=1S/C10H16BNO3S/c1-9(2)10(3,4)15-11(14-9)7-8(13-5)12-6-16-7/h6H,1-5H3. The fourth-order valence-electron chi connectivity index (χ4n) is 1.50. The summed E-state index contributed by atoms with van der Waals surface area (Å²) in [4.78, 5) is 4.11. The zero-order valence-corrected chi connectivity index (χ0v) is 11.1. The van der Waals surface area contributed by atoms with Gasteiger partial charge in [-0.05, 0) is 27.7 Å². The molecule has 0 unspecified atom stereocenters. The third-order valence-corrected chi connectivity index (χ3v) is 4.05. The summed E-state index contributed by atoms with van der Waals surface area (Å²) in [5.41, 5.74) is 1.08. The Kier molecular flexibility index (Phi) is 2.76. The number of hydrogen-bond acceptors (Lipinski definition) is 5. The molecule has 0 amide bonds. The molecule has 6 heteroatoms. The first-order valence-corrected chi connectivity index (χ1v) is 6.08. The molecule has 0 atom stereocenters. The van der Waals surface area contributed by atoms with E-state index in [0.29, 0.717) is 5.88 Å². The van der Waals surface area contributed by atoms with Crippen molar-refractivity contribution in [1.82, 2.24) is 4.98 Å². The second-order valence-electron chi connectivity index (χ2n) is 4.81. The van der Waals surface area contributed by atoms with Crippen LogP contribution in [-0.4, -0.2) is 30.4 Å². The summed E-state index contributed by atoms with van der Waals surface area (Å²) in [5.74, 6) is 0.587. The number of thiazole rings is 1. The van der Waals surface area contributed by atoms with Crippen LogP contribution >= 0.6 is 11.3 Å². The third kappa shape index (κ3) is 1.75. The molecule has 0 N–H and O–H groups in total. The Morgan fingerprint density at radius 1 is 1.25 bits per heavy atom. The fourth-order valence-corrected chi connectivity index (χ4v) is 2.21. The Hall–Kier alpha value is -0.585. The van der Waals surface area contributed by atoms with E-state index in [2.05, 4.69) is 4.98 Å². The predicted octanol–water partition coefficient (Wildman–Crippen LogP) is 1.45. The van der Waals surface area contributed by atoms with E-state index in [9.17, 15) is 0 Å². The van der Waals surface area contributed by atoms with Crippen molar-refractivity contribution in [3.05, 3.63) is 5.51 Å². The second kappa shape index (κ2) is 3.72. The zero-order chi connectivity index (χ0) is 12.0. The lowest BCUT2D eigenvalue weighted by Gasteiger charge is -2.32. The van der Waals surface area contributed by atoms with E-state index in [1.165, 1.54) is 11.3 Å². The van der Waals surface area contributed by atoms with Crippen molar-refractivity contribution >= 4 is 23.2 Å². The maximum atomic E-state index is 5.92. The molecule has 0 radical (unpaired) electrons. The summed E-state index contributed by atoms with van der Waals surface area (Å²) in [6, 6.07) is 0. The zero-order valence-electron chi connectivity index (χ0n) is 10.2. The van der Waals surface area contributed by atoms with Crippen LogP contribution in [0.3, 0.4) is 0 Å². The molecule has 16 heavy (non-hydrogen) atoms. The average molecular weight is 241 g/mol. The van der Waals surface area contributed by atoms with Crippen LogP contribution in [0.1, 0.15) is 27.7 Å². The molecule has 2 rings (SSSR count). The monoisotopic (exact) mass is 241 g/mol. The van der Waals surface area contributed by atoms with Crippen molar-refractivity contribution in [2.45, 2.75) is 38.9 Å². The number of hydrogen-bond donors (Lipinski definition) is 0. The number of ether oxygens (including phenoxy) is 1. The van der Waals surface area contributed by atoms with Gasteiger partial charge in [0.05, 0.1) is 28.6 Å². The van der Waals surface area contributed by atoms with Gasteiger partial charge in [-0.3, -0.25) is 0 Å². The molecule has 1 saturated heterocycles. The Morgan fingerprint density at radius 3 is 2.31 bits per heavy atom. The SMILES string of the molecule is COc1ncsc1B1OC(C)(C)C(C)(C)O1. The molecule has 0 aromatic carbocycles. The van der Waals surface area contributed by atoms with Gasteiger partial charge in [-0.1, -0.05) is 0 Å². The summed E-state index contributed by atoms with van der Waals surface area (Å²) in [7, 11) is 1.22. The minimum absolute atomic E-state index is 0.327. The Labute approximate surface area is 100 Å². The van der Waals surface area contributed by atoms with Crippen LogP contribution in [0, 0.1) is 0 Å². The Balaban J connectivity index is 2.27. The van der Waals surface area contributed by atoms with E-state index >= 15 is 0 Å². The van der Waals surface area contributed by atoms with Crippen LogP contribution in [-0.2, 0) is 9.31 Å². The molecule has 0 aliphatic carbocycles. The van der Waals surface area contributed by atoms with Gasteiger partial charge >= 0.3 is 7.12 Å². The number of nitrogens with zero attached hydrogens (tertiary/aromatic N) is 1. The molecule has 1 aromatic rings. The molecular formula is C10H16BNO3S. The number of rotatable bonds is 2. The van der Waals surface area contributed by atoms with Crippen molar-refractivity contribution in [1.29, 1.82) is 0 Å². The van der Waals surface area contributed by atoms with E-state index in [1.54, 1.807) is 12.6 Å². The van der Waals surface area contributed by atoms with Crippen molar-refractivity contribution in [2.24, 2.45) is 0 Å². The third-order valence-electron chi connectivity index (χ3n) is 3.22. The lowest BCUT2D eigenvalue weighted by Crippen LogP contribution is -2.41. The first kappa shape index (κ1) is 11.9. The highest BCUT2D eigenvalue weighted by Crippen LogP contribution is 2.37. The minimum Gasteiger partial charge on any atom is -0.481 e. The van der Waals surface area contributed by atoms with Crippen LogP contribution in [0.15, 0.2) is 5.51 Å². The molecular weight excluding hydrogens is 225 g/mol. The summed E-state index contributed by atoms with van der Waals surface area (Å²) in [5, 5.41) is 0. The number of aromatic nitrogens is 1. The van der Waals surface area contributed by atoms with Gasteiger partial charge in [0.2, 0.25) is 5.88 Å². The molecule has 0 spiro atoms.